The predicted octanol–water partition coefficient (Wildman–Crippen LogP) is 4.23. The van der Waals surface area contributed by atoms with Crippen molar-refractivity contribution in [3.8, 4) is 17.1 Å². The molecule has 0 aliphatic carbocycles. The Morgan fingerprint density at radius 2 is 2.00 bits per heavy atom. The summed E-state index contributed by atoms with van der Waals surface area (Å²) in [6.45, 7) is 0.867. The minimum absolute atomic E-state index is 0.0663. The molecule has 0 radical (unpaired) electrons. The molecule has 2 atom stereocenters. The smallest absolute Gasteiger partial charge is 0.416 e. The van der Waals surface area contributed by atoms with E-state index in [0.29, 0.717) is 29.3 Å². The van der Waals surface area contributed by atoms with Crippen LogP contribution in [0.3, 0.4) is 0 Å². The molecule has 0 amide bonds. The Kier molecular flexibility index (Phi) is 6.76. The highest BCUT2D eigenvalue weighted by Crippen LogP contribution is 2.32. The Morgan fingerprint density at radius 3 is 2.71 bits per heavy atom. The standard InChI is InChI=1S/C23H25F4N5O2/c1-32-11-3-10-22(24,14-32)21(33)28-17-8-6-15(7-9-17)20-29-19(30-31-20)13-34-18-5-2-4-16(12-18)23(25,26)27/h2,4-9,12,21,28,33H,3,10-11,13-14H2,1H3,(H,29,30,31). The van der Waals surface area contributed by atoms with E-state index in [1.165, 1.54) is 12.1 Å². The third-order valence-electron chi connectivity index (χ3n) is 5.67. The average Bonchev–Trinajstić information content (AvgIpc) is 3.27. The molecule has 0 saturated carbocycles. The second kappa shape index (κ2) is 9.59. The molecule has 11 heteroatoms. The number of nitrogens with one attached hydrogen (secondary N) is 2. The molecule has 1 saturated heterocycles. The normalized spacial score (nSPS) is 20.2. The zero-order valence-corrected chi connectivity index (χ0v) is 18.4. The van der Waals surface area contributed by atoms with E-state index in [4.69, 9.17) is 4.74 Å². The molecule has 7 nitrogen and oxygen atoms in total. The number of hydrogen-bond acceptors (Lipinski definition) is 6. The highest BCUT2D eigenvalue weighted by Gasteiger charge is 2.41. The van der Waals surface area contributed by atoms with Gasteiger partial charge in [0, 0.05) is 17.8 Å². The van der Waals surface area contributed by atoms with Crippen LogP contribution in [0.2, 0.25) is 0 Å². The van der Waals surface area contributed by atoms with Gasteiger partial charge in [0.05, 0.1) is 5.56 Å². The molecular weight excluding hydrogens is 454 g/mol. The third kappa shape index (κ3) is 5.65. The van der Waals surface area contributed by atoms with Crippen molar-refractivity contribution in [2.45, 2.75) is 37.5 Å². The summed E-state index contributed by atoms with van der Waals surface area (Å²) in [5.74, 6) is 0.771. The van der Waals surface area contributed by atoms with Crippen molar-refractivity contribution in [2.75, 3.05) is 25.5 Å². The molecule has 0 spiro atoms. The van der Waals surface area contributed by atoms with Crippen LogP contribution in [0.4, 0.5) is 23.2 Å². The molecule has 1 aliphatic heterocycles. The molecule has 4 rings (SSSR count). The van der Waals surface area contributed by atoms with Gasteiger partial charge in [0.15, 0.2) is 23.5 Å². The van der Waals surface area contributed by atoms with E-state index in [1.54, 1.807) is 24.3 Å². The van der Waals surface area contributed by atoms with Gasteiger partial charge in [0.1, 0.15) is 12.4 Å². The second-order valence-electron chi connectivity index (χ2n) is 8.42. The van der Waals surface area contributed by atoms with Crippen LogP contribution in [0.15, 0.2) is 48.5 Å². The molecule has 2 aromatic carbocycles. The van der Waals surface area contributed by atoms with E-state index >= 15 is 4.39 Å². The first-order valence-corrected chi connectivity index (χ1v) is 10.8. The third-order valence-corrected chi connectivity index (χ3v) is 5.67. The Hall–Kier alpha value is -3.18. The number of nitrogens with zero attached hydrogens (tertiary/aromatic N) is 3. The Labute approximate surface area is 193 Å². The van der Waals surface area contributed by atoms with Gasteiger partial charge in [-0.2, -0.15) is 18.3 Å². The number of rotatable bonds is 7. The fourth-order valence-corrected chi connectivity index (χ4v) is 3.88. The van der Waals surface area contributed by atoms with E-state index in [1.807, 2.05) is 11.9 Å². The van der Waals surface area contributed by atoms with Crippen LogP contribution in [-0.2, 0) is 12.8 Å². The molecule has 182 valence electrons. The number of aromatic nitrogens is 3. The van der Waals surface area contributed by atoms with E-state index in [9.17, 15) is 18.3 Å². The lowest BCUT2D eigenvalue weighted by molar-refractivity contribution is -0.137. The monoisotopic (exact) mass is 479 g/mol. The van der Waals surface area contributed by atoms with Crippen molar-refractivity contribution < 1.29 is 27.4 Å². The Balaban J connectivity index is 1.36. The Morgan fingerprint density at radius 1 is 1.24 bits per heavy atom. The van der Waals surface area contributed by atoms with Crippen LogP contribution in [0.5, 0.6) is 5.75 Å². The molecular formula is C23H25F4N5O2. The number of aromatic amines is 1. The zero-order chi connectivity index (χ0) is 24.3. The number of halogens is 4. The molecule has 2 unspecified atom stereocenters. The van der Waals surface area contributed by atoms with Crippen LogP contribution in [0, 0.1) is 0 Å². The van der Waals surface area contributed by atoms with Crippen molar-refractivity contribution in [2.24, 2.45) is 0 Å². The first-order chi connectivity index (χ1) is 16.1. The fraction of sp³-hybridized carbons (Fsp3) is 0.391. The fourth-order valence-electron chi connectivity index (χ4n) is 3.88. The highest BCUT2D eigenvalue weighted by atomic mass is 19.4. The van der Waals surface area contributed by atoms with Crippen molar-refractivity contribution in [3.05, 3.63) is 59.9 Å². The maximum atomic E-state index is 15.1. The topological polar surface area (TPSA) is 86.3 Å². The predicted molar refractivity (Wildman–Crippen MR) is 118 cm³/mol. The van der Waals surface area contributed by atoms with Gasteiger partial charge in [-0.05, 0) is 68.9 Å². The minimum Gasteiger partial charge on any atom is -0.486 e. The number of aliphatic hydroxyl groups excluding tert-OH is 1. The number of benzene rings is 2. The van der Waals surface area contributed by atoms with Crippen molar-refractivity contribution in [1.29, 1.82) is 0 Å². The van der Waals surface area contributed by atoms with Gasteiger partial charge in [0.2, 0.25) is 0 Å². The number of H-pyrrole nitrogens is 1. The molecule has 3 N–H and O–H groups in total. The summed E-state index contributed by atoms with van der Waals surface area (Å²) in [7, 11) is 1.82. The maximum absolute atomic E-state index is 15.1. The number of likely N-dealkylation sites (tertiary alicyclic amines) is 1. The van der Waals surface area contributed by atoms with Crippen LogP contribution < -0.4 is 10.1 Å². The first kappa shape index (κ1) is 24.0. The summed E-state index contributed by atoms with van der Waals surface area (Å²) in [4.78, 5) is 6.16. The summed E-state index contributed by atoms with van der Waals surface area (Å²) < 4.78 is 59.0. The summed E-state index contributed by atoms with van der Waals surface area (Å²) >= 11 is 0. The molecule has 1 aromatic heterocycles. The van der Waals surface area contributed by atoms with E-state index in [2.05, 4.69) is 20.5 Å². The first-order valence-electron chi connectivity index (χ1n) is 10.8. The quantitative estimate of drug-likeness (QED) is 0.347. The summed E-state index contributed by atoms with van der Waals surface area (Å²) in [5, 5.41) is 20.0. The van der Waals surface area contributed by atoms with E-state index < -0.39 is 23.6 Å². The highest BCUT2D eigenvalue weighted by molar-refractivity contribution is 5.59. The van der Waals surface area contributed by atoms with Gasteiger partial charge in [-0.3, -0.25) is 5.10 Å². The zero-order valence-electron chi connectivity index (χ0n) is 18.4. The van der Waals surface area contributed by atoms with Gasteiger partial charge in [-0.15, -0.1) is 0 Å². The lowest BCUT2D eigenvalue weighted by Crippen LogP contribution is -2.53. The molecule has 1 aliphatic rings. The van der Waals surface area contributed by atoms with Crippen molar-refractivity contribution in [3.63, 3.8) is 0 Å². The number of piperidine rings is 1. The molecule has 0 bridgehead atoms. The summed E-state index contributed by atoms with van der Waals surface area (Å²) in [6, 6.07) is 11.4. The number of aliphatic hydroxyl groups is 1. The maximum Gasteiger partial charge on any atom is 0.416 e. The molecule has 34 heavy (non-hydrogen) atoms. The lowest BCUT2D eigenvalue weighted by atomic mass is 9.93. The lowest BCUT2D eigenvalue weighted by Gasteiger charge is -2.38. The number of anilines is 1. The SMILES string of the molecule is CN1CCCC(F)(C(O)Nc2ccc(-c3n[nH]c(COc4cccc(C(F)(F)F)c4)n3)cc2)C1. The van der Waals surface area contributed by atoms with Crippen LogP contribution in [-0.4, -0.2) is 57.2 Å². The van der Waals surface area contributed by atoms with Gasteiger partial charge in [-0.25, -0.2) is 9.37 Å². The Bertz CT molecular complexity index is 1110. The number of alkyl halides is 4. The number of ether oxygens (including phenoxy) is 1. The minimum atomic E-state index is -4.45. The average molecular weight is 479 g/mol. The molecule has 1 fully saturated rings. The summed E-state index contributed by atoms with van der Waals surface area (Å²) in [5.41, 5.74) is -1.32. The van der Waals surface area contributed by atoms with Crippen LogP contribution >= 0.6 is 0 Å². The van der Waals surface area contributed by atoms with E-state index in [-0.39, 0.29) is 25.3 Å². The molecule has 3 aromatic rings. The van der Waals surface area contributed by atoms with Gasteiger partial charge >= 0.3 is 6.18 Å². The van der Waals surface area contributed by atoms with Crippen molar-refractivity contribution in [1.82, 2.24) is 20.1 Å². The number of hydrogen-bond donors (Lipinski definition) is 3. The second-order valence-corrected chi connectivity index (χ2v) is 8.42. The summed E-state index contributed by atoms with van der Waals surface area (Å²) in [6.07, 6.45) is -4.83. The van der Waals surface area contributed by atoms with Gasteiger partial charge in [-0.1, -0.05) is 6.07 Å². The van der Waals surface area contributed by atoms with Gasteiger partial charge < -0.3 is 20.1 Å². The van der Waals surface area contributed by atoms with E-state index in [0.717, 1.165) is 18.7 Å². The molecule has 2 heterocycles. The van der Waals surface area contributed by atoms with Crippen molar-refractivity contribution >= 4 is 5.69 Å². The van der Waals surface area contributed by atoms with Crippen LogP contribution in [0.25, 0.3) is 11.4 Å². The van der Waals surface area contributed by atoms with Gasteiger partial charge in [0.25, 0.3) is 0 Å². The van der Waals surface area contributed by atoms with Crippen LogP contribution in [0.1, 0.15) is 24.2 Å². The largest absolute Gasteiger partial charge is 0.486 e.